The minimum atomic E-state index is 0.0494. The van der Waals surface area contributed by atoms with E-state index in [1.807, 2.05) is 6.07 Å². The fourth-order valence-electron chi connectivity index (χ4n) is 4.94. The van der Waals surface area contributed by atoms with Crippen LogP contribution in [0.3, 0.4) is 0 Å². The van der Waals surface area contributed by atoms with Crippen molar-refractivity contribution in [3.63, 3.8) is 0 Å². The summed E-state index contributed by atoms with van der Waals surface area (Å²) in [6.45, 7) is 12.9. The second kappa shape index (κ2) is 10.3. The Labute approximate surface area is 203 Å². The molecule has 1 fully saturated rings. The maximum atomic E-state index is 13.2. The molecule has 1 aliphatic rings. The van der Waals surface area contributed by atoms with Gasteiger partial charge < -0.3 is 9.05 Å². The third-order valence-electron chi connectivity index (χ3n) is 6.64. The topological polar surface area (TPSA) is 69.1 Å². The van der Waals surface area contributed by atoms with Crippen LogP contribution < -0.4 is 0 Å². The molecule has 0 N–H and O–H groups in total. The number of aryl methyl sites for hydroxylation is 2. The number of ketones is 1. The Morgan fingerprint density at radius 1 is 1.03 bits per heavy atom. The first-order valence-electron chi connectivity index (χ1n) is 12.7. The molecule has 0 radical (unpaired) electrons. The minimum absolute atomic E-state index is 0.0494. The number of carbonyl (C=O) groups is 1. The number of carbonyl (C=O) groups excluding carboxylic acids is 1. The van der Waals surface area contributed by atoms with E-state index in [0.717, 1.165) is 59.7 Å². The first-order valence-corrected chi connectivity index (χ1v) is 12.7. The van der Waals surface area contributed by atoms with Gasteiger partial charge in [-0.1, -0.05) is 61.8 Å². The molecule has 1 atom stereocenters. The number of rotatable bonds is 11. The average Bonchev–Trinajstić information content (AvgIpc) is 3.32. The molecule has 5 nitrogen and oxygen atoms in total. The van der Waals surface area contributed by atoms with Gasteiger partial charge in [-0.05, 0) is 62.0 Å². The lowest BCUT2D eigenvalue weighted by molar-refractivity contribution is -0.118. The van der Waals surface area contributed by atoms with Crippen LogP contribution in [-0.4, -0.2) is 16.1 Å². The smallest absolute Gasteiger partial charge is 0.192 e. The molecule has 0 amide bonds. The summed E-state index contributed by atoms with van der Waals surface area (Å²) in [6.07, 6.45) is 4.95. The van der Waals surface area contributed by atoms with Crippen molar-refractivity contribution >= 4 is 5.78 Å². The second-order valence-corrected chi connectivity index (χ2v) is 11.0. The fourth-order valence-corrected chi connectivity index (χ4v) is 4.94. The van der Waals surface area contributed by atoms with Crippen LogP contribution in [0.2, 0.25) is 0 Å². The quantitative estimate of drug-likeness (QED) is 0.298. The van der Waals surface area contributed by atoms with Gasteiger partial charge in [0.1, 0.15) is 11.5 Å². The van der Waals surface area contributed by atoms with Crippen molar-refractivity contribution in [2.75, 3.05) is 0 Å². The number of hydrogen-bond donors (Lipinski definition) is 0. The molecule has 3 aromatic rings. The Morgan fingerprint density at radius 2 is 1.79 bits per heavy atom. The molecule has 1 aromatic carbocycles. The minimum Gasteiger partial charge on any atom is -0.361 e. The zero-order valence-electron chi connectivity index (χ0n) is 21.5. The van der Waals surface area contributed by atoms with E-state index >= 15 is 0 Å². The number of hydrogen-bond acceptors (Lipinski definition) is 5. The zero-order chi connectivity index (χ0) is 24.4. The van der Waals surface area contributed by atoms with E-state index in [9.17, 15) is 4.79 Å². The van der Waals surface area contributed by atoms with E-state index in [1.54, 1.807) is 0 Å². The summed E-state index contributed by atoms with van der Waals surface area (Å²) >= 11 is 0. The van der Waals surface area contributed by atoms with E-state index in [4.69, 9.17) is 9.05 Å². The monoisotopic (exact) mass is 462 g/mol. The Morgan fingerprint density at radius 3 is 2.44 bits per heavy atom. The lowest BCUT2D eigenvalue weighted by Crippen LogP contribution is -2.14. The van der Waals surface area contributed by atoms with E-state index < -0.39 is 0 Å². The van der Waals surface area contributed by atoms with Crippen molar-refractivity contribution in [1.29, 1.82) is 0 Å². The summed E-state index contributed by atoms with van der Waals surface area (Å²) in [5.41, 5.74) is 6.34. The third-order valence-corrected chi connectivity index (χ3v) is 6.64. The van der Waals surface area contributed by atoms with Crippen LogP contribution in [-0.2, 0) is 17.6 Å². The Balaban J connectivity index is 1.60. The standard InChI is InChI=1S/C29H38N2O3/c1-17(2)11-23(15-24(32)14-22-8-7-19(5)13-20(22)6)28-27(21-9-10-21)29(34-31-28)26-16-25(33-30-26)12-18(3)4/h7-8,13,16-18,21,23H,9-12,14-15H2,1-6H3/t23-/m0/s1. The van der Waals surface area contributed by atoms with Crippen molar-refractivity contribution in [3.05, 3.63) is 58.0 Å². The van der Waals surface area contributed by atoms with Crippen LogP contribution in [0.5, 0.6) is 0 Å². The highest BCUT2D eigenvalue weighted by atomic mass is 16.5. The van der Waals surface area contributed by atoms with E-state index in [2.05, 4.69) is 70.1 Å². The van der Waals surface area contributed by atoms with Gasteiger partial charge in [-0.2, -0.15) is 0 Å². The largest absolute Gasteiger partial charge is 0.361 e. The molecule has 182 valence electrons. The summed E-state index contributed by atoms with van der Waals surface area (Å²) in [6, 6.07) is 8.30. The molecule has 0 spiro atoms. The molecule has 34 heavy (non-hydrogen) atoms. The average molecular weight is 463 g/mol. The van der Waals surface area contributed by atoms with Gasteiger partial charge in [-0.3, -0.25) is 4.79 Å². The summed E-state index contributed by atoms with van der Waals surface area (Å²) in [7, 11) is 0. The molecule has 2 heterocycles. The SMILES string of the molecule is Cc1ccc(CC(=O)C[C@H](CC(C)C)c2noc(-c3cc(CC(C)C)on3)c2C2CC2)c(C)c1. The number of nitrogens with zero attached hydrogens (tertiary/aromatic N) is 2. The van der Waals surface area contributed by atoms with Crippen LogP contribution >= 0.6 is 0 Å². The predicted octanol–water partition coefficient (Wildman–Crippen LogP) is 7.35. The van der Waals surface area contributed by atoms with Gasteiger partial charge in [0, 0.05) is 36.8 Å². The van der Waals surface area contributed by atoms with E-state index in [1.165, 1.54) is 11.1 Å². The lowest BCUT2D eigenvalue weighted by Gasteiger charge is -2.18. The molecule has 4 rings (SSSR count). The summed E-state index contributed by atoms with van der Waals surface area (Å²) in [5.74, 6) is 3.28. The fraction of sp³-hybridized carbons (Fsp3) is 0.552. The normalized spacial score (nSPS) is 14.8. The van der Waals surface area contributed by atoms with Gasteiger partial charge in [0.2, 0.25) is 0 Å². The molecule has 2 aromatic heterocycles. The highest BCUT2D eigenvalue weighted by Crippen LogP contribution is 2.49. The van der Waals surface area contributed by atoms with Crippen molar-refractivity contribution < 1.29 is 13.8 Å². The van der Waals surface area contributed by atoms with Crippen LogP contribution in [0.4, 0.5) is 0 Å². The highest BCUT2D eigenvalue weighted by molar-refractivity contribution is 5.82. The summed E-state index contributed by atoms with van der Waals surface area (Å²) in [4.78, 5) is 13.2. The maximum absolute atomic E-state index is 13.2. The number of Topliss-reactive ketones (excluding diaryl/α,β-unsaturated/α-hetero) is 1. The first-order chi connectivity index (χ1) is 16.2. The highest BCUT2D eigenvalue weighted by Gasteiger charge is 2.37. The van der Waals surface area contributed by atoms with Gasteiger partial charge in [-0.25, -0.2) is 0 Å². The lowest BCUT2D eigenvalue weighted by atomic mass is 9.85. The van der Waals surface area contributed by atoms with E-state index in [0.29, 0.717) is 30.6 Å². The molecule has 0 aliphatic heterocycles. The number of aromatic nitrogens is 2. The maximum Gasteiger partial charge on any atom is 0.192 e. The van der Waals surface area contributed by atoms with Crippen LogP contribution in [0.15, 0.2) is 33.3 Å². The number of benzene rings is 1. The Bertz CT molecular complexity index is 1130. The van der Waals surface area contributed by atoms with Crippen molar-refractivity contribution in [3.8, 4) is 11.5 Å². The van der Waals surface area contributed by atoms with Crippen LogP contribution in [0.25, 0.3) is 11.5 Å². The van der Waals surface area contributed by atoms with Gasteiger partial charge in [-0.15, -0.1) is 0 Å². The zero-order valence-corrected chi connectivity index (χ0v) is 21.5. The molecule has 1 saturated carbocycles. The van der Waals surface area contributed by atoms with Crippen LogP contribution in [0.1, 0.15) is 98.9 Å². The van der Waals surface area contributed by atoms with E-state index in [-0.39, 0.29) is 11.7 Å². The third kappa shape index (κ3) is 5.86. The summed E-state index contributed by atoms with van der Waals surface area (Å²) in [5, 5.41) is 8.86. The molecule has 0 saturated heterocycles. The van der Waals surface area contributed by atoms with Gasteiger partial charge in [0.05, 0.1) is 5.69 Å². The van der Waals surface area contributed by atoms with Gasteiger partial charge >= 0.3 is 0 Å². The Hall–Kier alpha value is -2.69. The molecule has 1 aliphatic carbocycles. The van der Waals surface area contributed by atoms with Crippen LogP contribution in [0, 0.1) is 25.7 Å². The first kappa shape index (κ1) is 24.4. The molecule has 5 heteroatoms. The molecule has 0 unspecified atom stereocenters. The Kier molecular flexibility index (Phi) is 7.39. The van der Waals surface area contributed by atoms with Crippen molar-refractivity contribution in [2.45, 2.75) is 91.9 Å². The molecular weight excluding hydrogens is 424 g/mol. The molecular formula is C29H38N2O3. The second-order valence-electron chi connectivity index (χ2n) is 11.0. The summed E-state index contributed by atoms with van der Waals surface area (Å²) < 4.78 is 11.5. The predicted molar refractivity (Wildman–Crippen MR) is 134 cm³/mol. The molecule has 0 bridgehead atoms. The van der Waals surface area contributed by atoms with Crippen molar-refractivity contribution in [1.82, 2.24) is 10.3 Å². The van der Waals surface area contributed by atoms with Gasteiger partial charge in [0.25, 0.3) is 0 Å². The van der Waals surface area contributed by atoms with Crippen molar-refractivity contribution in [2.24, 2.45) is 11.8 Å². The van der Waals surface area contributed by atoms with Gasteiger partial charge in [0.15, 0.2) is 11.5 Å².